The van der Waals surface area contributed by atoms with Crippen molar-refractivity contribution in [1.82, 2.24) is 25.4 Å². The van der Waals surface area contributed by atoms with Gasteiger partial charge in [-0.2, -0.15) is 0 Å². The van der Waals surface area contributed by atoms with Gasteiger partial charge in [-0.15, -0.1) is 0 Å². The van der Waals surface area contributed by atoms with Gasteiger partial charge < -0.3 is 24.8 Å². The van der Waals surface area contributed by atoms with Crippen LogP contribution in [0.4, 0.5) is 13.2 Å². The Morgan fingerprint density at radius 2 is 1.78 bits per heavy atom. The summed E-state index contributed by atoms with van der Waals surface area (Å²) in [5, 5.41) is 5.83. The van der Waals surface area contributed by atoms with E-state index < -0.39 is 65.3 Å². The van der Waals surface area contributed by atoms with Crippen LogP contribution in [-0.4, -0.2) is 68.5 Å². The second-order valence-corrected chi connectivity index (χ2v) is 16.0. The SMILES string of the molecule is CCOC(=O)c1[nH]c2cc(Cl)ccc2c1C(C(=O)NC(C)(C)C)N(Cc1cc(F)c(F)c(F)c1)C(=O)CCCCC#Cc1cccc2c1CN(C1CCC(=O)NC1=O)C2=O. The summed E-state index contributed by atoms with van der Waals surface area (Å²) < 4.78 is 48.6. The van der Waals surface area contributed by atoms with Crippen molar-refractivity contribution >= 4 is 58.0 Å². The summed E-state index contributed by atoms with van der Waals surface area (Å²) in [5.41, 5.74) is 0.984. The molecule has 3 heterocycles. The third-order valence-corrected chi connectivity index (χ3v) is 10.3. The minimum Gasteiger partial charge on any atom is -0.461 e. The Hall–Kier alpha value is -6.14. The van der Waals surface area contributed by atoms with Gasteiger partial charge in [0.15, 0.2) is 17.5 Å². The largest absolute Gasteiger partial charge is 0.461 e. The second-order valence-electron chi connectivity index (χ2n) is 15.6. The molecule has 0 bridgehead atoms. The lowest BCUT2D eigenvalue weighted by Crippen LogP contribution is -2.52. The minimum atomic E-state index is -1.70. The van der Waals surface area contributed by atoms with Crippen LogP contribution in [0, 0.1) is 29.3 Å². The van der Waals surface area contributed by atoms with Gasteiger partial charge in [0.05, 0.1) is 6.61 Å². The number of imide groups is 1. The van der Waals surface area contributed by atoms with Crippen molar-refractivity contribution in [3.05, 3.63) is 105 Å². The molecule has 0 spiro atoms. The third-order valence-electron chi connectivity index (χ3n) is 10.1. The number of fused-ring (bicyclic) bond motifs is 2. The molecule has 3 aromatic carbocycles. The summed E-state index contributed by atoms with van der Waals surface area (Å²) in [6, 6.07) is 8.93. The maximum atomic E-state index is 14.6. The molecule has 314 valence electrons. The number of hydrogen-bond donors (Lipinski definition) is 3. The fourth-order valence-electron chi connectivity index (χ4n) is 7.42. The molecule has 0 radical (unpaired) electrons. The molecule has 2 atom stereocenters. The molecule has 3 N–H and O–H groups in total. The Morgan fingerprint density at radius 3 is 2.47 bits per heavy atom. The van der Waals surface area contributed by atoms with E-state index in [-0.39, 0.29) is 67.5 Å². The molecule has 6 rings (SSSR count). The lowest BCUT2D eigenvalue weighted by atomic mass is 9.97. The van der Waals surface area contributed by atoms with Gasteiger partial charge in [-0.1, -0.05) is 35.6 Å². The number of unbranched alkanes of at least 4 members (excludes halogenated alkanes) is 2. The lowest BCUT2D eigenvalue weighted by molar-refractivity contribution is -0.142. The number of carbonyl (C=O) groups excluding carboxylic acids is 6. The van der Waals surface area contributed by atoms with Gasteiger partial charge in [-0.3, -0.25) is 29.3 Å². The normalized spacial score (nSPS) is 15.6. The number of aromatic nitrogens is 1. The van der Waals surface area contributed by atoms with Crippen LogP contribution in [0.5, 0.6) is 0 Å². The topological polar surface area (TPSA) is 158 Å². The molecule has 2 aliphatic rings. The number of nitrogens with one attached hydrogen (secondary N) is 3. The second kappa shape index (κ2) is 18.0. The quantitative estimate of drug-likeness (QED) is 0.0467. The molecule has 5 amide bonds. The maximum absolute atomic E-state index is 14.6. The number of piperidine rings is 1. The number of hydrogen-bond acceptors (Lipinski definition) is 7. The van der Waals surface area contributed by atoms with Crippen LogP contribution in [0.3, 0.4) is 0 Å². The summed E-state index contributed by atoms with van der Waals surface area (Å²) in [6.07, 6.45) is 1.18. The fourth-order valence-corrected chi connectivity index (χ4v) is 7.59. The zero-order valence-electron chi connectivity index (χ0n) is 33.4. The molecule has 0 aliphatic carbocycles. The molecule has 4 aromatic rings. The van der Waals surface area contributed by atoms with E-state index >= 15 is 0 Å². The molecule has 1 fully saturated rings. The minimum absolute atomic E-state index is 0.0153. The van der Waals surface area contributed by atoms with Gasteiger partial charge in [-0.25, -0.2) is 18.0 Å². The molecule has 16 heteroatoms. The standard InChI is InChI=1S/C44H43ClF3N5O7/c1-5-60-43(59)38-36(28-16-15-26(45)21-32(28)49-38)39(41(57)51-44(2,3)4)53(22-24-19-30(46)37(48)31(47)20-24)35(55)14-9-7-6-8-11-25-12-10-13-27-29(25)23-52(42(27)58)33-17-18-34(54)50-40(33)56/h10,12-13,15-16,19-21,33,39,49H,5-7,9,14,17-18,22-23H2,1-4H3,(H,51,57)(H,50,54,56). The van der Waals surface area contributed by atoms with E-state index in [4.69, 9.17) is 16.3 Å². The van der Waals surface area contributed by atoms with Crippen molar-refractivity contribution in [1.29, 1.82) is 0 Å². The molecule has 2 aliphatic heterocycles. The van der Waals surface area contributed by atoms with Crippen molar-refractivity contribution in [2.24, 2.45) is 0 Å². The van der Waals surface area contributed by atoms with Crippen molar-refractivity contribution in [2.75, 3.05) is 6.61 Å². The Labute approximate surface area is 349 Å². The molecular formula is C44H43ClF3N5O7. The van der Waals surface area contributed by atoms with E-state index in [1.807, 2.05) is 0 Å². The van der Waals surface area contributed by atoms with Crippen LogP contribution in [0.1, 0.15) is 115 Å². The first-order valence-corrected chi connectivity index (χ1v) is 19.8. The average Bonchev–Trinajstić information content (AvgIpc) is 3.71. The number of carbonyl (C=O) groups is 6. The number of nitrogens with zero attached hydrogens (tertiary/aromatic N) is 2. The number of esters is 1. The van der Waals surface area contributed by atoms with Crippen molar-refractivity contribution in [3.63, 3.8) is 0 Å². The zero-order valence-corrected chi connectivity index (χ0v) is 34.2. The number of halogens is 4. The van der Waals surface area contributed by atoms with E-state index in [0.717, 1.165) is 17.0 Å². The van der Waals surface area contributed by atoms with Crippen molar-refractivity contribution in [2.45, 2.75) is 96.9 Å². The number of amides is 5. The fraction of sp³-hybridized carbons (Fsp3) is 0.364. The predicted octanol–water partition coefficient (Wildman–Crippen LogP) is 6.77. The van der Waals surface area contributed by atoms with E-state index in [2.05, 4.69) is 27.5 Å². The smallest absolute Gasteiger partial charge is 0.355 e. The number of aromatic amines is 1. The van der Waals surface area contributed by atoms with Gasteiger partial charge in [0.2, 0.25) is 23.6 Å². The molecular weight excluding hydrogens is 803 g/mol. The summed E-state index contributed by atoms with van der Waals surface area (Å²) in [7, 11) is 0. The third kappa shape index (κ3) is 9.50. The van der Waals surface area contributed by atoms with Crippen LogP contribution in [0.2, 0.25) is 5.02 Å². The summed E-state index contributed by atoms with van der Waals surface area (Å²) in [5.74, 6) is -1.87. The first-order chi connectivity index (χ1) is 28.5. The summed E-state index contributed by atoms with van der Waals surface area (Å²) in [4.78, 5) is 85.3. The predicted molar refractivity (Wildman–Crippen MR) is 215 cm³/mol. The Kier molecular flexibility index (Phi) is 13.0. The van der Waals surface area contributed by atoms with Crippen LogP contribution in [0.25, 0.3) is 10.9 Å². The van der Waals surface area contributed by atoms with Crippen molar-refractivity contribution < 1.29 is 46.7 Å². The Balaban J connectivity index is 1.27. The van der Waals surface area contributed by atoms with Crippen LogP contribution < -0.4 is 10.6 Å². The van der Waals surface area contributed by atoms with Gasteiger partial charge in [0.1, 0.15) is 17.8 Å². The van der Waals surface area contributed by atoms with Crippen LogP contribution >= 0.6 is 11.6 Å². The Bertz CT molecular complexity index is 2450. The Morgan fingerprint density at radius 1 is 1.05 bits per heavy atom. The zero-order chi connectivity index (χ0) is 43.5. The van der Waals surface area contributed by atoms with E-state index in [0.29, 0.717) is 45.5 Å². The molecule has 1 saturated heterocycles. The van der Waals surface area contributed by atoms with Gasteiger partial charge in [0, 0.05) is 70.5 Å². The number of benzene rings is 3. The highest BCUT2D eigenvalue weighted by Gasteiger charge is 2.41. The maximum Gasteiger partial charge on any atom is 0.355 e. The molecule has 60 heavy (non-hydrogen) atoms. The summed E-state index contributed by atoms with van der Waals surface area (Å²) in [6.45, 7) is 6.35. The molecule has 12 nitrogen and oxygen atoms in total. The van der Waals surface area contributed by atoms with Crippen LogP contribution in [0.15, 0.2) is 48.5 Å². The van der Waals surface area contributed by atoms with Gasteiger partial charge in [-0.05, 0) is 94.5 Å². The van der Waals surface area contributed by atoms with Gasteiger partial charge in [0.25, 0.3) is 5.91 Å². The monoisotopic (exact) mass is 845 g/mol. The summed E-state index contributed by atoms with van der Waals surface area (Å²) >= 11 is 6.29. The first kappa shape index (κ1) is 43.4. The molecule has 2 unspecified atom stereocenters. The van der Waals surface area contributed by atoms with Gasteiger partial charge >= 0.3 is 5.97 Å². The van der Waals surface area contributed by atoms with Crippen molar-refractivity contribution in [3.8, 4) is 11.8 Å². The van der Waals surface area contributed by atoms with E-state index in [1.54, 1.807) is 58.0 Å². The first-order valence-electron chi connectivity index (χ1n) is 19.5. The highest BCUT2D eigenvalue weighted by molar-refractivity contribution is 6.31. The highest BCUT2D eigenvalue weighted by Crippen LogP contribution is 2.36. The number of rotatable bonds is 12. The highest BCUT2D eigenvalue weighted by atomic mass is 35.5. The molecule has 0 saturated carbocycles. The van der Waals surface area contributed by atoms with E-state index in [1.165, 1.54) is 11.0 Å². The lowest BCUT2D eigenvalue weighted by Gasteiger charge is -2.34. The van der Waals surface area contributed by atoms with Crippen LogP contribution in [-0.2, 0) is 37.0 Å². The van der Waals surface area contributed by atoms with E-state index in [9.17, 15) is 41.9 Å². The molecule has 1 aromatic heterocycles. The number of H-pyrrole nitrogens is 1. The number of ether oxygens (including phenoxy) is 1. The average molecular weight is 846 g/mol.